The van der Waals surface area contributed by atoms with Crippen molar-refractivity contribution >= 4 is 0 Å². The molecule has 0 unspecified atom stereocenters. The van der Waals surface area contributed by atoms with Gasteiger partial charge in [0, 0.05) is 25.0 Å². The molecule has 3 nitrogen and oxygen atoms in total. The molecule has 25 heavy (non-hydrogen) atoms. The van der Waals surface area contributed by atoms with Crippen LogP contribution in [0.4, 0.5) is 4.39 Å². The van der Waals surface area contributed by atoms with E-state index < -0.39 is 0 Å². The molecule has 128 valence electrons. The van der Waals surface area contributed by atoms with Crippen LogP contribution in [0, 0.1) is 11.7 Å². The van der Waals surface area contributed by atoms with E-state index in [4.69, 9.17) is 0 Å². The van der Waals surface area contributed by atoms with Gasteiger partial charge >= 0.3 is 0 Å². The zero-order valence-electron chi connectivity index (χ0n) is 14.1. The average molecular weight is 335 g/mol. The van der Waals surface area contributed by atoms with Gasteiger partial charge in [0.15, 0.2) is 0 Å². The predicted octanol–water partition coefficient (Wildman–Crippen LogP) is 4.31. The third-order valence-electron chi connectivity index (χ3n) is 4.80. The van der Waals surface area contributed by atoms with Gasteiger partial charge in [0.1, 0.15) is 11.6 Å². The molecule has 1 atom stereocenters. The van der Waals surface area contributed by atoms with E-state index in [1.165, 1.54) is 18.4 Å². The molecule has 1 N–H and O–H groups in total. The molecule has 1 aliphatic rings. The van der Waals surface area contributed by atoms with Crippen molar-refractivity contribution in [1.29, 1.82) is 0 Å². The quantitative estimate of drug-likeness (QED) is 0.697. The Morgan fingerprint density at radius 1 is 1.08 bits per heavy atom. The molecule has 1 aliphatic carbocycles. The molecule has 1 heterocycles. The molecule has 1 saturated carbocycles. The molecule has 0 bridgehead atoms. The van der Waals surface area contributed by atoms with Crippen molar-refractivity contribution in [3.63, 3.8) is 0 Å². The normalized spacial score (nSPS) is 15.2. The lowest BCUT2D eigenvalue weighted by molar-refractivity contribution is 0.464. The second-order valence-electron chi connectivity index (χ2n) is 6.70. The maximum atomic E-state index is 13.2. The highest BCUT2D eigenvalue weighted by molar-refractivity contribution is 5.22. The lowest BCUT2D eigenvalue weighted by atomic mass is 10.0. The highest BCUT2D eigenvalue weighted by Gasteiger charge is 2.32. The van der Waals surface area contributed by atoms with Crippen molar-refractivity contribution in [3.05, 3.63) is 89.8 Å². The Balaban J connectivity index is 1.45. The summed E-state index contributed by atoms with van der Waals surface area (Å²) in [5, 5.41) is 3.64. The number of hydrogen-bond donors (Lipinski definition) is 1. The van der Waals surface area contributed by atoms with E-state index in [0.717, 1.165) is 17.9 Å². The van der Waals surface area contributed by atoms with Crippen LogP contribution in [0.25, 0.3) is 0 Å². The van der Waals surface area contributed by atoms with Crippen molar-refractivity contribution in [1.82, 2.24) is 14.9 Å². The van der Waals surface area contributed by atoms with Gasteiger partial charge in [-0.3, -0.25) is 0 Å². The maximum absolute atomic E-state index is 13.2. The van der Waals surface area contributed by atoms with Crippen LogP contribution < -0.4 is 5.32 Å². The van der Waals surface area contributed by atoms with Gasteiger partial charge in [0.2, 0.25) is 0 Å². The van der Waals surface area contributed by atoms with Crippen molar-refractivity contribution in [2.45, 2.75) is 32.0 Å². The van der Waals surface area contributed by atoms with Gasteiger partial charge in [-0.15, -0.1) is 0 Å². The Hall–Kier alpha value is -2.46. The fourth-order valence-electron chi connectivity index (χ4n) is 3.29. The van der Waals surface area contributed by atoms with E-state index in [9.17, 15) is 4.39 Å². The maximum Gasteiger partial charge on any atom is 0.123 e. The van der Waals surface area contributed by atoms with Gasteiger partial charge in [-0.2, -0.15) is 0 Å². The third-order valence-corrected chi connectivity index (χ3v) is 4.80. The number of benzene rings is 2. The predicted molar refractivity (Wildman–Crippen MR) is 96.5 cm³/mol. The van der Waals surface area contributed by atoms with E-state index in [1.807, 2.05) is 30.6 Å². The first kappa shape index (κ1) is 16.0. The highest BCUT2D eigenvalue weighted by Crippen LogP contribution is 2.41. The van der Waals surface area contributed by atoms with Crippen molar-refractivity contribution in [3.8, 4) is 0 Å². The monoisotopic (exact) mass is 335 g/mol. The summed E-state index contributed by atoms with van der Waals surface area (Å²) in [6.45, 7) is 1.53. The highest BCUT2D eigenvalue weighted by atomic mass is 19.1. The SMILES string of the molecule is Fc1ccc([C@H](NCc2nccn2Cc2ccccc2)C2CC2)cc1. The minimum Gasteiger partial charge on any atom is -0.329 e. The molecule has 0 radical (unpaired) electrons. The molecule has 0 amide bonds. The smallest absolute Gasteiger partial charge is 0.123 e. The number of aromatic nitrogens is 2. The number of nitrogens with one attached hydrogen (secondary N) is 1. The van der Waals surface area contributed by atoms with Crippen LogP contribution in [-0.2, 0) is 13.1 Å². The van der Waals surface area contributed by atoms with Gasteiger partial charge in [0.25, 0.3) is 0 Å². The summed E-state index contributed by atoms with van der Waals surface area (Å²) < 4.78 is 15.4. The number of imidazole rings is 1. The summed E-state index contributed by atoms with van der Waals surface area (Å²) in [4.78, 5) is 4.51. The van der Waals surface area contributed by atoms with Crippen molar-refractivity contribution < 1.29 is 4.39 Å². The fourth-order valence-corrected chi connectivity index (χ4v) is 3.29. The van der Waals surface area contributed by atoms with Crippen LogP contribution >= 0.6 is 0 Å². The fraction of sp³-hybridized carbons (Fsp3) is 0.286. The zero-order chi connectivity index (χ0) is 17.1. The first-order valence-corrected chi connectivity index (χ1v) is 8.82. The molecule has 0 aliphatic heterocycles. The standard InChI is InChI=1S/C21H22FN3/c22-19-10-8-18(9-11-19)21(17-6-7-17)24-14-20-23-12-13-25(20)15-16-4-2-1-3-5-16/h1-5,8-13,17,21,24H,6-7,14-15H2/t21-/m1/s1. The second-order valence-corrected chi connectivity index (χ2v) is 6.70. The minimum atomic E-state index is -0.184. The van der Waals surface area contributed by atoms with E-state index in [2.05, 4.69) is 39.1 Å². The van der Waals surface area contributed by atoms with E-state index in [0.29, 0.717) is 12.5 Å². The van der Waals surface area contributed by atoms with E-state index in [-0.39, 0.29) is 11.9 Å². The Morgan fingerprint density at radius 2 is 1.84 bits per heavy atom. The summed E-state index contributed by atoms with van der Waals surface area (Å²) >= 11 is 0. The summed E-state index contributed by atoms with van der Waals surface area (Å²) in [6, 6.07) is 17.5. The van der Waals surface area contributed by atoms with Gasteiger partial charge < -0.3 is 9.88 Å². The van der Waals surface area contributed by atoms with Crippen LogP contribution in [0.3, 0.4) is 0 Å². The van der Waals surface area contributed by atoms with Crippen LogP contribution in [0.2, 0.25) is 0 Å². The lowest BCUT2D eigenvalue weighted by Crippen LogP contribution is -2.24. The number of nitrogens with zero attached hydrogens (tertiary/aromatic N) is 2. The van der Waals surface area contributed by atoms with Crippen LogP contribution in [0.5, 0.6) is 0 Å². The third kappa shape index (κ3) is 3.97. The van der Waals surface area contributed by atoms with Crippen LogP contribution in [0.15, 0.2) is 67.0 Å². The summed E-state index contributed by atoms with van der Waals surface area (Å²) in [7, 11) is 0. The van der Waals surface area contributed by atoms with Gasteiger partial charge in [-0.05, 0) is 42.0 Å². The molecule has 3 aromatic rings. The van der Waals surface area contributed by atoms with Crippen LogP contribution in [-0.4, -0.2) is 9.55 Å². The zero-order valence-corrected chi connectivity index (χ0v) is 14.1. The lowest BCUT2D eigenvalue weighted by Gasteiger charge is -2.19. The number of hydrogen-bond acceptors (Lipinski definition) is 2. The Bertz CT molecular complexity index is 807. The summed E-state index contributed by atoms with van der Waals surface area (Å²) in [5.41, 5.74) is 2.42. The molecule has 4 heteroatoms. The largest absolute Gasteiger partial charge is 0.329 e. The average Bonchev–Trinajstić information content (AvgIpc) is 3.38. The first-order chi connectivity index (χ1) is 12.3. The molecular formula is C21H22FN3. The van der Waals surface area contributed by atoms with E-state index >= 15 is 0 Å². The molecule has 1 aromatic heterocycles. The summed E-state index contributed by atoms with van der Waals surface area (Å²) in [5.74, 6) is 1.48. The van der Waals surface area contributed by atoms with E-state index in [1.54, 1.807) is 12.1 Å². The first-order valence-electron chi connectivity index (χ1n) is 8.82. The number of halogens is 1. The molecular weight excluding hydrogens is 313 g/mol. The Morgan fingerprint density at radius 3 is 2.56 bits per heavy atom. The second kappa shape index (κ2) is 7.19. The Kier molecular flexibility index (Phi) is 4.61. The molecule has 2 aromatic carbocycles. The molecule has 0 saturated heterocycles. The van der Waals surface area contributed by atoms with Gasteiger partial charge in [-0.25, -0.2) is 9.37 Å². The van der Waals surface area contributed by atoms with Crippen LogP contribution in [0.1, 0.15) is 35.8 Å². The molecule has 1 fully saturated rings. The van der Waals surface area contributed by atoms with Crippen molar-refractivity contribution in [2.75, 3.05) is 0 Å². The molecule has 0 spiro atoms. The molecule has 4 rings (SSSR count). The topological polar surface area (TPSA) is 29.9 Å². The number of rotatable bonds is 7. The van der Waals surface area contributed by atoms with Crippen molar-refractivity contribution in [2.24, 2.45) is 5.92 Å². The Labute approximate surface area is 147 Å². The minimum absolute atomic E-state index is 0.184. The van der Waals surface area contributed by atoms with Gasteiger partial charge in [-0.1, -0.05) is 42.5 Å². The summed E-state index contributed by atoms with van der Waals surface area (Å²) in [6.07, 6.45) is 6.33. The van der Waals surface area contributed by atoms with Gasteiger partial charge in [0.05, 0.1) is 6.54 Å².